The molecule has 3 atom stereocenters. The maximum absolute atomic E-state index is 4.46. The Morgan fingerprint density at radius 1 is 1.21 bits per heavy atom. The topological polar surface area (TPSA) is 29.9 Å². The van der Waals surface area contributed by atoms with Crippen LogP contribution >= 0.6 is 0 Å². The van der Waals surface area contributed by atoms with Crippen LogP contribution in [0.1, 0.15) is 63.6 Å². The molecular weight excluding hydrogens is 234 g/mol. The molecule has 2 aliphatic rings. The Labute approximate surface area is 116 Å². The van der Waals surface area contributed by atoms with Gasteiger partial charge >= 0.3 is 0 Å². The lowest BCUT2D eigenvalue weighted by Crippen LogP contribution is -2.31. The van der Waals surface area contributed by atoms with E-state index in [-0.39, 0.29) is 0 Å². The predicted octanol–water partition coefficient (Wildman–Crippen LogP) is 3.35. The molecule has 1 N–H and O–H groups in total. The molecule has 0 radical (unpaired) electrons. The summed E-state index contributed by atoms with van der Waals surface area (Å²) in [5.74, 6) is 2.38. The number of hydrogen-bond acceptors (Lipinski definition) is 2. The molecule has 0 bridgehead atoms. The second-order valence-corrected chi connectivity index (χ2v) is 6.84. The molecule has 3 nitrogen and oxygen atoms in total. The highest BCUT2D eigenvalue weighted by molar-refractivity contribution is 5.10. The first-order valence-electron chi connectivity index (χ1n) is 7.96. The van der Waals surface area contributed by atoms with Gasteiger partial charge in [0.2, 0.25) is 0 Å². The first kappa shape index (κ1) is 13.2. The van der Waals surface area contributed by atoms with Crippen LogP contribution in [-0.4, -0.2) is 22.6 Å². The monoisotopic (exact) mass is 261 g/mol. The molecule has 1 aromatic rings. The molecule has 3 unspecified atom stereocenters. The van der Waals surface area contributed by atoms with Crippen LogP contribution in [0.25, 0.3) is 0 Å². The van der Waals surface area contributed by atoms with Crippen molar-refractivity contribution in [2.24, 2.45) is 11.8 Å². The summed E-state index contributed by atoms with van der Waals surface area (Å²) in [4.78, 5) is 4.46. The van der Waals surface area contributed by atoms with Crippen molar-refractivity contribution < 1.29 is 0 Å². The lowest BCUT2D eigenvalue weighted by molar-refractivity contribution is 0.216. The molecule has 1 saturated heterocycles. The summed E-state index contributed by atoms with van der Waals surface area (Å²) < 4.78 is 2.50. The SMILES string of the molecule is CC1CC(C)CC(n2cncc2C2CCCNC2)C1. The number of piperidine rings is 1. The summed E-state index contributed by atoms with van der Waals surface area (Å²) in [7, 11) is 0. The molecule has 1 saturated carbocycles. The first-order valence-corrected chi connectivity index (χ1v) is 7.96. The van der Waals surface area contributed by atoms with Crippen molar-refractivity contribution >= 4 is 0 Å². The van der Waals surface area contributed by atoms with Crippen LogP contribution in [0.15, 0.2) is 12.5 Å². The zero-order chi connectivity index (χ0) is 13.2. The largest absolute Gasteiger partial charge is 0.331 e. The van der Waals surface area contributed by atoms with Gasteiger partial charge in [-0.05, 0) is 50.5 Å². The summed E-state index contributed by atoms with van der Waals surface area (Å²) in [5.41, 5.74) is 1.47. The molecule has 106 valence electrons. The van der Waals surface area contributed by atoms with E-state index < -0.39 is 0 Å². The van der Waals surface area contributed by atoms with Crippen LogP contribution < -0.4 is 5.32 Å². The molecule has 2 fully saturated rings. The first-order chi connectivity index (χ1) is 9.24. The van der Waals surface area contributed by atoms with Gasteiger partial charge in [-0.1, -0.05) is 13.8 Å². The van der Waals surface area contributed by atoms with E-state index in [0.717, 1.165) is 18.4 Å². The molecular formula is C16H27N3. The fourth-order valence-electron chi connectivity index (χ4n) is 4.17. The van der Waals surface area contributed by atoms with Gasteiger partial charge in [0.25, 0.3) is 0 Å². The Morgan fingerprint density at radius 2 is 2.00 bits per heavy atom. The van der Waals surface area contributed by atoms with Crippen LogP contribution in [0.4, 0.5) is 0 Å². The van der Waals surface area contributed by atoms with Crippen LogP contribution in [0, 0.1) is 11.8 Å². The van der Waals surface area contributed by atoms with Crippen molar-refractivity contribution in [1.82, 2.24) is 14.9 Å². The third kappa shape index (κ3) is 2.86. The van der Waals surface area contributed by atoms with E-state index in [0.29, 0.717) is 12.0 Å². The molecule has 0 amide bonds. The van der Waals surface area contributed by atoms with Crippen LogP contribution in [0.5, 0.6) is 0 Å². The average molecular weight is 261 g/mol. The standard InChI is InChI=1S/C16H27N3/c1-12-6-13(2)8-15(7-12)19-11-18-10-16(19)14-4-3-5-17-9-14/h10-15,17H,3-9H2,1-2H3. The van der Waals surface area contributed by atoms with Gasteiger partial charge in [-0.2, -0.15) is 0 Å². The van der Waals surface area contributed by atoms with Crippen molar-refractivity contribution in [3.05, 3.63) is 18.2 Å². The third-order valence-corrected chi connectivity index (χ3v) is 4.96. The van der Waals surface area contributed by atoms with E-state index in [1.807, 2.05) is 0 Å². The van der Waals surface area contributed by atoms with Crippen molar-refractivity contribution in [3.63, 3.8) is 0 Å². The van der Waals surface area contributed by atoms with Crippen LogP contribution in [0.2, 0.25) is 0 Å². The summed E-state index contributed by atoms with van der Waals surface area (Å²) in [6, 6.07) is 0.679. The van der Waals surface area contributed by atoms with Gasteiger partial charge in [0.15, 0.2) is 0 Å². The highest BCUT2D eigenvalue weighted by Crippen LogP contribution is 2.38. The second-order valence-electron chi connectivity index (χ2n) is 6.84. The number of nitrogens with zero attached hydrogens (tertiary/aromatic N) is 2. The molecule has 1 aliphatic carbocycles. The minimum absolute atomic E-state index is 0.670. The normalized spacial score (nSPS) is 36.3. The summed E-state index contributed by atoms with van der Waals surface area (Å²) >= 11 is 0. The zero-order valence-corrected chi connectivity index (χ0v) is 12.3. The fraction of sp³-hybridized carbons (Fsp3) is 0.812. The van der Waals surface area contributed by atoms with Gasteiger partial charge < -0.3 is 9.88 Å². The Balaban J connectivity index is 1.78. The maximum Gasteiger partial charge on any atom is 0.0950 e. The van der Waals surface area contributed by atoms with Crippen molar-refractivity contribution in [2.75, 3.05) is 13.1 Å². The molecule has 3 rings (SSSR count). The van der Waals surface area contributed by atoms with Gasteiger partial charge in [-0.15, -0.1) is 0 Å². The van der Waals surface area contributed by atoms with E-state index in [1.54, 1.807) is 0 Å². The number of nitrogens with one attached hydrogen (secondary N) is 1. The molecule has 0 spiro atoms. The van der Waals surface area contributed by atoms with Crippen molar-refractivity contribution in [2.45, 2.75) is 57.9 Å². The summed E-state index contributed by atoms with van der Waals surface area (Å²) in [5, 5.41) is 3.53. The van der Waals surface area contributed by atoms with E-state index in [4.69, 9.17) is 0 Å². The zero-order valence-electron chi connectivity index (χ0n) is 12.3. The van der Waals surface area contributed by atoms with Crippen molar-refractivity contribution in [1.29, 1.82) is 0 Å². The Bertz CT molecular complexity index is 396. The third-order valence-electron chi connectivity index (χ3n) is 4.96. The minimum Gasteiger partial charge on any atom is -0.331 e. The average Bonchev–Trinajstić information content (AvgIpc) is 2.88. The lowest BCUT2D eigenvalue weighted by atomic mass is 9.80. The maximum atomic E-state index is 4.46. The molecule has 2 heterocycles. The second kappa shape index (κ2) is 5.66. The van der Waals surface area contributed by atoms with Gasteiger partial charge in [0.05, 0.1) is 6.33 Å². The molecule has 3 heteroatoms. The van der Waals surface area contributed by atoms with E-state index in [9.17, 15) is 0 Å². The minimum atomic E-state index is 0.670. The predicted molar refractivity (Wildman–Crippen MR) is 78.3 cm³/mol. The van der Waals surface area contributed by atoms with Gasteiger partial charge in [0.1, 0.15) is 0 Å². The van der Waals surface area contributed by atoms with Crippen molar-refractivity contribution in [3.8, 4) is 0 Å². The van der Waals surface area contributed by atoms with Gasteiger partial charge in [0, 0.05) is 30.4 Å². The smallest absolute Gasteiger partial charge is 0.0950 e. The van der Waals surface area contributed by atoms with Crippen LogP contribution in [-0.2, 0) is 0 Å². The number of rotatable bonds is 2. The summed E-state index contributed by atoms with van der Waals surface area (Å²) in [6.07, 6.45) is 10.9. The number of hydrogen-bond donors (Lipinski definition) is 1. The highest BCUT2D eigenvalue weighted by Gasteiger charge is 2.28. The molecule has 0 aromatic carbocycles. The van der Waals surface area contributed by atoms with Gasteiger partial charge in [-0.3, -0.25) is 0 Å². The molecule has 1 aliphatic heterocycles. The molecule has 1 aromatic heterocycles. The lowest BCUT2D eigenvalue weighted by Gasteiger charge is -2.34. The van der Waals surface area contributed by atoms with E-state index >= 15 is 0 Å². The van der Waals surface area contributed by atoms with E-state index in [1.165, 1.54) is 44.3 Å². The van der Waals surface area contributed by atoms with Gasteiger partial charge in [-0.25, -0.2) is 4.98 Å². The Hall–Kier alpha value is -0.830. The Kier molecular flexibility index (Phi) is 3.92. The Morgan fingerprint density at radius 3 is 2.68 bits per heavy atom. The summed E-state index contributed by atoms with van der Waals surface area (Å²) in [6.45, 7) is 7.12. The van der Waals surface area contributed by atoms with E-state index in [2.05, 4.69) is 41.2 Å². The quantitative estimate of drug-likeness (QED) is 0.885. The fourth-order valence-corrected chi connectivity index (χ4v) is 4.17. The number of imidazole rings is 1. The highest BCUT2D eigenvalue weighted by atomic mass is 15.1. The molecule has 19 heavy (non-hydrogen) atoms. The van der Waals surface area contributed by atoms with Crippen LogP contribution in [0.3, 0.4) is 0 Å². The number of aromatic nitrogens is 2.